The Bertz CT molecular complexity index is 1000. The van der Waals surface area contributed by atoms with Crippen molar-refractivity contribution < 1.29 is 23.9 Å². The van der Waals surface area contributed by atoms with Crippen molar-refractivity contribution in [2.24, 2.45) is 0 Å². The summed E-state index contributed by atoms with van der Waals surface area (Å²) in [5, 5.41) is 4.18. The fraction of sp³-hybridized carbons (Fsp3) is 0.400. The van der Waals surface area contributed by atoms with Gasteiger partial charge in [0.15, 0.2) is 17.2 Å². The molecule has 2 aliphatic heterocycles. The maximum atomic E-state index is 12.7. The highest BCUT2D eigenvalue weighted by molar-refractivity contribution is 5.96. The molecule has 30 heavy (non-hydrogen) atoms. The zero-order valence-corrected chi connectivity index (χ0v) is 16.8. The van der Waals surface area contributed by atoms with E-state index in [-0.39, 0.29) is 31.4 Å². The van der Waals surface area contributed by atoms with E-state index >= 15 is 0 Å². The molecule has 3 amide bonds. The second kappa shape index (κ2) is 8.05. The zero-order chi connectivity index (χ0) is 21.3. The van der Waals surface area contributed by atoms with Crippen LogP contribution in [0.5, 0.6) is 11.5 Å². The highest BCUT2D eigenvalue weighted by Crippen LogP contribution is 2.33. The monoisotopic (exact) mass is 413 g/mol. The van der Waals surface area contributed by atoms with E-state index in [4.69, 9.17) is 9.47 Å². The molecule has 0 saturated carbocycles. The third-order valence-electron chi connectivity index (χ3n) is 5.23. The van der Waals surface area contributed by atoms with E-state index in [9.17, 15) is 14.4 Å². The molecule has 3 heterocycles. The third kappa shape index (κ3) is 3.80. The molecule has 10 heteroatoms. The van der Waals surface area contributed by atoms with Crippen LogP contribution in [-0.2, 0) is 22.7 Å². The molecular weight excluding hydrogens is 390 g/mol. The van der Waals surface area contributed by atoms with E-state index in [0.29, 0.717) is 24.5 Å². The van der Waals surface area contributed by atoms with Gasteiger partial charge in [-0.2, -0.15) is 5.10 Å². The molecule has 1 aromatic heterocycles. The predicted octanol–water partition coefficient (Wildman–Crippen LogP) is 0.892. The number of nitrogens with zero attached hydrogens (tertiary/aromatic N) is 3. The normalized spacial score (nSPS) is 17.3. The number of carbonyl (C=O) groups is 3. The maximum absolute atomic E-state index is 12.7. The van der Waals surface area contributed by atoms with E-state index in [0.717, 1.165) is 11.3 Å². The summed E-state index contributed by atoms with van der Waals surface area (Å²) in [5.74, 6) is 0.210. The molecule has 0 aliphatic carbocycles. The van der Waals surface area contributed by atoms with Gasteiger partial charge in [-0.3, -0.25) is 29.9 Å². The Balaban J connectivity index is 1.38. The molecule has 0 bridgehead atoms. The van der Waals surface area contributed by atoms with Crippen molar-refractivity contribution in [3.8, 4) is 11.5 Å². The summed E-state index contributed by atoms with van der Waals surface area (Å²) in [7, 11) is 0. The number of likely N-dealkylation sites (tertiary alicyclic amines) is 1. The first-order valence-corrected chi connectivity index (χ1v) is 9.79. The molecule has 1 unspecified atom stereocenters. The Kier molecular flexibility index (Phi) is 5.30. The fourth-order valence-electron chi connectivity index (χ4n) is 3.65. The number of benzene rings is 1. The molecule has 0 radical (unpaired) electrons. The largest absolute Gasteiger partial charge is 0.454 e. The van der Waals surface area contributed by atoms with Gasteiger partial charge in [-0.25, -0.2) is 0 Å². The van der Waals surface area contributed by atoms with Crippen LogP contribution in [0.1, 0.15) is 41.5 Å². The van der Waals surface area contributed by atoms with Gasteiger partial charge in [0.25, 0.3) is 11.8 Å². The number of rotatable bonds is 5. The molecule has 10 nitrogen and oxygen atoms in total. The molecule has 0 spiro atoms. The standard InChI is InChI=1S/C20H23N5O5/c1-3-25-12(2)8-14(23-25)19(27)21-22-20(28)15-5-7-18(26)24(15)10-13-4-6-16-17(9-13)30-11-29-16/h4,6,8-9,15H,3,5,7,10-11H2,1-2H3,(H,21,27)(H,22,28). The topological polar surface area (TPSA) is 115 Å². The van der Waals surface area contributed by atoms with Crippen LogP contribution in [0.25, 0.3) is 0 Å². The first-order valence-electron chi connectivity index (χ1n) is 9.79. The fourth-order valence-corrected chi connectivity index (χ4v) is 3.65. The van der Waals surface area contributed by atoms with Gasteiger partial charge in [-0.15, -0.1) is 0 Å². The van der Waals surface area contributed by atoms with Crippen LogP contribution in [0, 0.1) is 6.92 Å². The lowest BCUT2D eigenvalue weighted by Gasteiger charge is -2.24. The molecule has 1 atom stereocenters. The number of nitrogens with one attached hydrogen (secondary N) is 2. The van der Waals surface area contributed by atoms with Crippen LogP contribution in [0.4, 0.5) is 0 Å². The van der Waals surface area contributed by atoms with Crippen LogP contribution < -0.4 is 20.3 Å². The highest BCUT2D eigenvalue weighted by atomic mass is 16.7. The predicted molar refractivity (Wildman–Crippen MR) is 104 cm³/mol. The number of fused-ring (bicyclic) bond motifs is 1. The minimum Gasteiger partial charge on any atom is -0.454 e. The molecular formula is C20H23N5O5. The summed E-state index contributed by atoms with van der Waals surface area (Å²) in [5.41, 5.74) is 6.71. The summed E-state index contributed by atoms with van der Waals surface area (Å²) in [6, 6.07) is 6.40. The molecule has 2 N–H and O–H groups in total. The Morgan fingerprint density at radius 2 is 2.00 bits per heavy atom. The minimum absolute atomic E-state index is 0.114. The zero-order valence-electron chi connectivity index (χ0n) is 16.8. The number of hydrazine groups is 1. The van der Waals surface area contributed by atoms with Crippen LogP contribution >= 0.6 is 0 Å². The summed E-state index contributed by atoms with van der Waals surface area (Å²) in [6.07, 6.45) is 0.658. The van der Waals surface area contributed by atoms with Crippen molar-refractivity contribution in [2.45, 2.75) is 45.8 Å². The van der Waals surface area contributed by atoms with Gasteiger partial charge in [0.05, 0.1) is 0 Å². The van der Waals surface area contributed by atoms with Crippen molar-refractivity contribution in [3.63, 3.8) is 0 Å². The lowest BCUT2D eigenvalue weighted by Crippen LogP contribution is -2.50. The van der Waals surface area contributed by atoms with Gasteiger partial charge in [-0.05, 0) is 44.0 Å². The molecule has 2 aliphatic rings. The molecule has 2 aromatic rings. The van der Waals surface area contributed by atoms with Gasteiger partial charge in [0, 0.05) is 25.2 Å². The van der Waals surface area contributed by atoms with Gasteiger partial charge in [0.2, 0.25) is 12.7 Å². The van der Waals surface area contributed by atoms with Crippen LogP contribution in [0.2, 0.25) is 0 Å². The number of aromatic nitrogens is 2. The smallest absolute Gasteiger partial charge is 0.290 e. The quantitative estimate of drug-likeness (QED) is 0.704. The number of hydrogen-bond donors (Lipinski definition) is 2. The van der Waals surface area contributed by atoms with Gasteiger partial charge in [-0.1, -0.05) is 6.07 Å². The van der Waals surface area contributed by atoms with Crippen molar-refractivity contribution in [1.29, 1.82) is 0 Å². The average Bonchev–Trinajstić information content (AvgIpc) is 3.45. The van der Waals surface area contributed by atoms with E-state index in [1.54, 1.807) is 22.9 Å². The summed E-state index contributed by atoms with van der Waals surface area (Å²) < 4.78 is 12.4. The number of amides is 3. The van der Waals surface area contributed by atoms with E-state index in [1.807, 2.05) is 19.9 Å². The van der Waals surface area contributed by atoms with Crippen LogP contribution in [-0.4, -0.2) is 45.2 Å². The SMILES string of the molecule is CCn1nc(C(=O)NNC(=O)C2CCC(=O)N2Cc2ccc3c(c2)OCO3)cc1C. The first kappa shape index (κ1) is 19.7. The Morgan fingerprint density at radius 3 is 2.77 bits per heavy atom. The number of carbonyl (C=O) groups excluding carboxylic acids is 3. The molecule has 158 valence electrons. The number of aryl methyl sites for hydroxylation is 2. The Hall–Kier alpha value is -3.56. The summed E-state index contributed by atoms with van der Waals surface area (Å²) in [4.78, 5) is 38.8. The van der Waals surface area contributed by atoms with Crippen molar-refractivity contribution >= 4 is 17.7 Å². The molecule has 1 saturated heterocycles. The Morgan fingerprint density at radius 1 is 1.20 bits per heavy atom. The van der Waals surface area contributed by atoms with Crippen LogP contribution in [0.15, 0.2) is 24.3 Å². The highest BCUT2D eigenvalue weighted by Gasteiger charge is 2.36. The maximum Gasteiger partial charge on any atom is 0.290 e. The third-order valence-corrected chi connectivity index (χ3v) is 5.23. The Labute approximate surface area is 173 Å². The van der Waals surface area contributed by atoms with Gasteiger partial charge in [0.1, 0.15) is 6.04 Å². The second-order valence-electron chi connectivity index (χ2n) is 7.19. The van der Waals surface area contributed by atoms with Crippen molar-refractivity contribution in [3.05, 3.63) is 41.2 Å². The average molecular weight is 413 g/mol. The lowest BCUT2D eigenvalue weighted by molar-refractivity contribution is -0.136. The van der Waals surface area contributed by atoms with E-state index in [1.165, 1.54) is 4.90 Å². The number of ether oxygens (including phenoxy) is 2. The summed E-state index contributed by atoms with van der Waals surface area (Å²) >= 11 is 0. The summed E-state index contributed by atoms with van der Waals surface area (Å²) in [6.45, 7) is 4.85. The van der Waals surface area contributed by atoms with Crippen molar-refractivity contribution in [1.82, 2.24) is 25.5 Å². The minimum atomic E-state index is -0.668. The van der Waals surface area contributed by atoms with Gasteiger partial charge < -0.3 is 14.4 Å². The van der Waals surface area contributed by atoms with E-state index in [2.05, 4.69) is 16.0 Å². The molecule has 4 rings (SSSR count). The second-order valence-corrected chi connectivity index (χ2v) is 7.19. The van der Waals surface area contributed by atoms with Gasteiger partial charge >= 0.3 is 0 Å². The first-order chi connectivity index (χ1) is 14.5. The molecule has 1 fully saturated rings. The molecule has 1 aromatic carbocycles. The van der Waals surface area contributed by atoms with Crippen molar-refractivity contribution in [2.75, 3.05) is 6.79 Å². The van der Waals surface area contributed by atoms with Crippen LogP contribution in [0.3, 0.4) is 0 Å². The number of hydrogen-bond acceptors (Lipinski definition) is 6. The van der Waals surface area contributed by atoms with E-state index < -0.39 is 17.9 Å². The lowest BCUT2D eigenvalue weighted by atomic mass is 10.1.